The summed E-state index contributed by atoms with van der Waals surface area (Å²) in [5.74, 6) is 0.837. The van der Waals surface area contributed by atoms with E-state index in [1.54, 1.807) is 36.0 Å². The minimum Gasteiger partial charge on any atom is -0.340 e. The molecule has 1 saturated heterocycles. The van der Waals surface area contributed by atoms with Crippen molar-refractivity contribution in [1.82, 2.24) is 4.90 Å². The summed E-state index contributed by atoms with van der Waals surface area (Å²) in [5, 5.41) is 10.2. The molecule has 1 unspecified atom stereocenters. The molecule has 0 bridgehead atoms. The van der Waals surface area contributed by atoms with Gasteiger partial charge in [0.2, 0.25) is 0 Å². The third kappa shape index (κ3) is 5.81. The Kier molecular flexibility index (Phi) is 7.48. The molecule has 5 rings (SSSR count). The second-order valence-electron chi connectivity index (χ2n) is 8.72. The lowest BCUT2D eigenvalue weighted by Gasteiger charge is -2.40. The Bertz CT molecular complexity index is 1360. The first-order valence-electron chi connectivity index (χ1n) is 12.0. The van der Waals surface area contributed by atoms with Crippen molar-refractivity contribution in [3.8, 4) is 0 Å². The number of rotatable bonds is 5. The Balaban J connectivity index is 1.37. The van der Waals surface area contributed by atoms with Crippen LogP contribution in [0.2, 0.25) is 5.02 Å². The lowest BCUT2D eigenvalue weighted by atomic mass is 9.93. The van der Waals surface area contributed by atoms with E-state index in [1.807, 2.05) is 61.5 Å². The molecule has 0 aromatic heterocycles. The van der Waals surface area contributed by atoms with Gasteiger partial charge in [0.1, 0.15) is 0 Å². The molecule has 3 N–H and O–H groups in total. The number of urea groups is 1. The number of fused-ring (bicyclic) bond motifs is 1. The van der Waals surface area contributed by atoms with E-state index in [0.29, 0.717) is 27.7 Å². The van der Waals surface area contributed by atoms with Crippen molar-refractivity contribution in [2.45, 2.75) is 19.4 Å². The molecule has 0 saturated carbocycles. The van der Waals surface area contributed by atoms with Crippen LogP contribution in [-0.2, 0) is 4.79 Å². The Morgan fingerprint density at radius 2 is 1.51 bits per heavy atom. The number of halogens is 1. The third-order valence-electron chi connectivity index (χ3n) is 6.12. The lowest BCUT2D eigenvalue weighted by Crippen LogP contribution is -2.43. The van der Waals surface area contributed by atoms with Gasteiger partial charge in [-0.05, 0) is 67.4 Å². The number of para-hydroxylation sites is 1. The highest BCUT2D eigenvalue weighted by Gasteiger charge is 2.37. The van der Waals surface area contributed by atoms with Crippen LogP contribution >= 0.6 is 23.4 Å². The Morgan fingerprint density at radius 1 is 0.892 bits per heavy atom. The highest BCUT2D eigenvalue weighted by atomic mass is 35.5. The van der Waals surface area contributed by atoms with Crippen LogP contribution in [0.4, 0.5) is 21.9 Å². The molecule has 37 heavy (non-hydrogen) atoms. The SMILES string of the molecule is CC1=C(C(=O)Nc2ccccc2)C(c2ccc(NC(=O)Nc3ccc(Cl)cc3)cc2)N2CCCSC2=N1. The number of anilines is 3. The van der Waals surface area contributed by atoms with Crippen LogP contribution in [0.5, 0.6) is 0 Å². The maximum Gasteiger partial charge on any atom is 0.323 e. The zero-order valence-corrected chi connectivity index (χ0v) is 21.8. The van der Waals surface area contributed by atoms with Gasteiger partial charge in [0.05, 0.1) is 17.3 Å². The Labute approximate surface area is 225 Å². The summed E-state index contributed by atoms with van der Waals surface area (Å²) >= 11 is 7.63. The summed E-state index contributed by atoms with van der Waals surface area (Å²) < 4.78 is 0. The van der Waals surface area contributed by atoms with Crippen LogP contribution < -0.4 is 16.0 Å². The van der Waals surface area contributed by atoms with Gasteiger partial charge in [-0.15, -0.1) is 0 Å². The molecule has 3 aromatic carbocycles. The number of carbonyl (C=O) groups excluding carboxylic acids is 2. The highest BCUT2D eigenvalue weighted by Crippen LogP contribution is 2.40. The van der Waals surface area contributed by atoms with Crippen molar-refractivity contribution in [2.75, 3.05) is 28.2 Å². The van der Waals surface area contributed by atoms with Crippen LogP contribution in [-0.4, -0.2) is 34.3 Å². The summed E-state index contributed by atoms with van der Waals surface area (Å²) in [7, 11) is 0. The van der Waals surface area contributed by atoms with Gasteiger partial charge < -0.3 is 20.9 Å². The molecule has 0 radical (unpaired) electrons. The van der Waals surface area contributed by atoms with Gasteiger partial charge >= 0.3 is 6.03 Å². The van der Waals surface area contributed by atoms with Gasteiger partial charge in [-0.1, -0.05) is 53.7 Å². The van der Waals surface area contributed by atoms with E-state index in [0.717, 1.165) is 35.1 Å². The quantitative estimate of drug-likeness (QED) is 0.340. The minimum absolute atomic E-state index is 0.170. The molecule has 0 spiro atoms. The summed E-state index contributed by atoms with van der Waals surface area (Å²) in [4.78, 5) is 32.9. The van der Waals surface area contributed by atoms with Crippen molar-refractivity contribution < 1.29 is 9.59 Å². The molecule has 7 nitrogen and oxygen atoms in total. The summed E-state index contributed by atoms with van der Waals surface area (Å²) in [5.41, 5.74) is 4.31. The fraction of sp³-hybridized carbons (Fsp3) is 0.179. The van der Waals surface area contributed by atoms with E-state index in [9.17, 15) is 9.59 Å². The molecule has 3 aromatic rings. The van der Waals surface area contributed by atoms with Gasteiger partial charge in [-0.25, -0.2) is 9.79 Å². The second kappa shape index (κ2) is 11.1. The van der Waals surface area contributed by atoms with Gasteiger partial charge in [0.25, 0.3) is 5.91 Å². The number of amides is 3. The Morgan fingerprint density at radius 3 is 2.19 bits per heavy atom. The number of amidine groups is 1. The smallest absolute Gasteiger partial charge is 0.323 e. The number of carbonyl (C=O) groups is 2. The fourth-order valence-electron chi connectivity index (χ4n) is 4.40. The molecular formula is C28H26ClN5O2S. The number of nitrogens with one attached hydrogen (secondary N) is 3. The third-order valence-corrected chi connectivity index (χ3v) is 7.45. The molecule has 9 heteroatoms. The first kappa shape index (κ1) is 24.9. The van der Waals surface area contributed by atoms with Crippen molar-refractivity contribution in [2.24, 2.45) is 4.99 Å². The monoisotopic (exact) mass is 531 g/mol. The predicted molar refractivity (Wildman–Crippen MR) is 152 cm³/mol. The molecule has 2 aliphatic rings. The molecule has 2 heterocycles. The van der Waals surface area contributed by atoms with E-state index in [2.05, 4.69) is 20.9 Å². The van der Waals surface area contributed by atoms with Crippen molar-refractivity contribution in [3.63, 3.8) is 0 Å². The number of thioether (sulfide) groups is 1. The van der Waals surface area contributed by atoms with Crippen LogP contribution in [0, 0.1) is 0 Å². The first-order chi connectivity index (χ1) is 18.0. The molecule has 188 valence electrons. The predicted octanol–water partition coefficient (Wildman–Crippen LogP) is 6.75. The van der Waals surface area contributed by atoms with Gasteiger partial charge in [0, 0.05) is 34.4 Å². The Hall–Kier alpha value is -3.75. The van der Waals surface area contributed by atoms with Gasteiger partial charge in [-0.2, -0.15) is 0 Å². The van der Waals surface area contributed by atoms with Gasteiger partial charge in [-0.3, -0.25) is 4.79 Å². The van der Waals surface area contributed by atoms with E-state index in [1.165, 1.54) is 0 Å². The number of aliphatic imine (C=N–C) groups is 1. The summed E-state index contributed by atoms with van der Waals surface area (Å²) in [6.45, 7) is 2.71. The number of hydrogen-bond acceptors (Lipinski definition) is 5. The van der Waals surface area contributed by atoms with E-state index in [4.69, 9.17) is 16.6 Å². The lowest BCUT2D eigenvalue weighted by molar-refractivity contribution is -0.113. The van der Waals surface area contributed by atoms with E-state index >= 15 is 0 Å². The van der Waals surface area contributed by atoms with E-state index < -0.39 is 0 Å². The topological polar surface area (TPSA) is 85.8 Å². The number of hydrogen-bond donors (Lipinski definition) is 3. The molecule has 0 aliphatic carbocycles. The van der Waals surface area contributed by atoms with E-state index in [-0.39, 0.29) is 18.0 Å². The maximum atomic E-state index is 13.5. The average molecular weight is 532 g/mol. The molecule has 1 atom stereocenters. The normalized spacial score (nSPS) is 17.0. The molecular weight excluding hydrogens is 506 g/mol. The van der Waals surface area contributed by atoms with Crippen molar-refractivity contribution in [3.05, 3.63) is 101 Å². The standard InChI is InChI=1S/C28H26ClN5O2S/c1-18-24(26(35)31-21-6-3-2-4-7-21)25(34-16-5-17-37-28(34)30-18)19-8-12-22(13-9-19)32-27(36)33-23-14-10-20(29)11-15-23/h2-4,6-15,25H,5,16-17H2,1H3,(H,31,35)(H2,32,33,36). The zero-order chi connectivity index (χ0) is 25.8. The van der Waals surface area contributed by atoms with Crippen LogP contribution in [0.1, 0.15) is 24.9 Å². The molecule has 2 aliphatic heterocycles. The number of nitrogens with zero attached hydrogens (tertiary/aromatic N) is 2. The summed E-state index contributed by atoms with van der Waals surface area (Å²) in [6, 6.07) is 23.3. The van der Waals surface area contributed by atoms with Crippen molar-refractivity contribution >= 4 is 57.5 Å². The van der Waals surface area contributed by atoms with Gasteiger partial charge in [0.15, 0.2) is 5.17 Å². The van der Waals surface area contributed by atoms with Crippen molar-refractivity contribution in [1.29, 1.82) is 0 Å². The summed E-state index contributed by atoms with van der Waals surface area (Å²) in [6.07, 6.45) is 1.01. The zero-order valence-electron chi connectivity index (χ0n) is 20.2. The maximum absolute atomic E-state index is 13.5. The fourth-order valence-corrected chi connectivity index (χ4v) is 5.55. The second-order valence-corrected chi connectivity index (χ2v) is 10.2. The molecule has 1 fully saturated rings. The van der Waals surface area contributed by atoms with Crippen LogP contribution in [0.15, 0.2) is 95.1 Å². The van der Waals surface area contributed by atoms with Crippen LogP contribution in [0.3, 0.4) is 0 Å². The largest absolute Gasteiger partial charge is 0.340 e. The average Bonchev–Trinajstić information content (AvgIpc) is 2.90. The molecule has 3 amide bonds. The number of benzene rings is 3. The highest BCUT2D eigenvalue weighted by molar-refractivity contribution is 8.13. The first-order valence-corrected chi connectivity index (χ1v) is 13.3. The van der Waals surface area contributed by atoms with Crippen LogP contribution in [0.25, 0.3) is 0 Å². The minimum atomic E-state index is -0.353. The number of allylic oxidation sites excluding steroid dienone is 1.